The predicted octanol–water partition coefficient (Wildman–Crippen LogP) is 1.07. The molecule has 0 aromatic rings. The fraction of sp³-hybridized carbons (Fsp3) is 0.818. The summed E-state index contributed by atoms with van der Waals surface area (Å²) in [6.07, 6.45) is 3.24. The third-order valence-electron chi connectivity index (χ3n) is 3.12. The summed E-state index contributed by atoms with van der Waals surface area (Å²) in [6, 6.07) is 0. The van der Waals surface area contributed by atoms with Crippen LogP contribution in [0.1, 0.15) is 39.5 Å². The Morgan fingerprint density at radius 2 is 2.19 bits per heavy atom. The van der Waals surface area contributed by atoms with Gasteiger partial charge in [0, 0.05) is 18.9 Å². The highest BCUT2D eigenvalue weighted by Crippen LogP contribution is 2.51. The van der Waals surface area contributed by atoms with Crippen LogP contribution in [-0.4, -0.2) is 23.5 Å². The van der Waals surface area contributed by atoms with Crippen molar-refractivity contribution in [3.63, 3.8) is 0 Å². The highest BCUT2D eigenvalue weighted by Gasteiger charge is 2.50. The number of hydrogen-bond acceptors (Lipinski definition) is 3. The molecule has 1 fully saturated rings. The van der Waals surface area contributed by atoms with Crippen LogP contribution in [0.15, 0.2) is 5.16 Å². The molecule has 1 amide bonds. The van der Waals surface area contributed by atoms with Crippen molar-refractivity contribution in [2.24, 2.45) is 22.2 Å². The molecule has 1 rings (SSSR count). The topological polar surface area (TPSA) is 87.7 Å². The van der Waals surface area contributed by atoms with Crippen molar-refractivity contribution in [2.45, 2.75) is 39.5 Å². The molecule has 5 heteroatoms. The maximum atomic E-state index is 11.6. The van der Waals surface area contributed by atoms with Gasteiger partial charge in [-0.3, -0.25) is 4.79 Å². The third-order valence-corrected chi connectivity index (χ3v) is 3.12. The number of unbranched alkanes of at least 4 members (excludes halogenated alkanes) is 1. The number of carbonyl (C=O) groups is 1. The minimum absolute atomic E-state index is 0.161. The molecule has 16 heavy (non-hydrogen) atoms. The zero-order chi connectivity index (χ0) is 12.2. The van der Waals surface area contributed by atoms with Crippen LogP contribution in [0.3, 0.4) is 0 Å². The molecule has 0 aromatic carbocycles. The fourth-order valence-electron chi connectivity index (χ4n) is 1.73. The van der Waals surface area contributed by atoms with E-state index in [0.717, 1.165) is 19.3 Å². The van der Waals surface area contributed by atoms with Crippen molar-refractivity contribution < 1.29 is 10.0 Å². The Bertz CT molecular complexity index is 287. The lowest BCUT2D eigenvalue weighted by atomic mass is 10.1. The van der Waals surface area contributed by atoms with Gasteiger partial charge < -0.3 is 16.3 Å². The first-order valence-corrected chi connectivity index (χ1v) is 5.71. The lowest BCUT2D eigenvalue weighted by Gasteiger charge is -2.06. The molecule has 5 nitrogen and oxygen atoms in total. The van der Waals surface area contributed by atoms with Gasteiger partial charge in [-0.05, 0) is 24.7 Å². The fourth-order valence-corrected chi connectivity index (χ4v) is 1.73. The van der Waals surface area contributed by atoms with E-state index in [4.69, 9.17) is 10.9 Å². The van der Waals surface area contributed by atoms with Crippen molar-refractivity contribution in [2.75, 3.05) is 6.54 Å². The number of nitrogens with two attached hydrogens (primary N) is 1. The van der Waals surface area contributed by atoms with E-state index in [1.165, 1.54) is 0 Å². The van der Waals surface area contributed by atoms with Gasteiger partial charge in [-0.2, -0.15) is 0 Å². The van der Waals surface area contributed by atoms with Crippen LogP contribution in [0, 0.1) is 11.3 Å². The SMILES string of the molecule is CC1(C)CC1C(=O)NCCCCC(N)=NO. The smallest absolute Gasteiger partial charge is 0.223 e. The summed E-state index contributed by atoms with van der Waals surface area (Å²) >= 11 is 0. The van der Waals surface area contributed by atoms with Crippen LogP contribution >= 0.6 is 0 Å². The molecular formula is C11H21N3O2. The monoisotopic (exact) mass is 227 g/mol. The van der Waals surface area contributed by atoms with Crippen molar-refractivity contribution in [1.82, 2.24) is 5.32 Å². The summed E-state index contributed by atoms with van der Waals surface area (Å²) in [5, 5.41) is 14.1. The molecule has 1 aliphatic rings. The molecule has 0 aromatic heterocycles. The van der Waals surface area contributed by atoms with E-state index < -0.39 is 0 Å². The van der Waals surface area contributed by atoms with Crippen LogP contribution in [0.4, 0.5) is 0 Å². The highest BCUT2D eigenvalue weighted by atomic mass is 16.4. The van der Waals surface area contributed by atoms with E-state index in [1.807, 2.05) is 0 Å². The van der Waals surface area contributed by atoms with Crippen molar-refractivity contribution >= 4 is 11.7 Å². The van der Waals surface area contributed by atoms with Gasteiger partial charge in [0.1, 0.15) is 5.84 Å². The lowest BCUT2D eigenvalue weighted by Crippen LogP contribution is -2.27. The molecule has 1 aliphatic carbocycles. The first-order chi connectivity index (χ1) is 7.47. The summed E-state index contributed by atoms with van der Waals surface area (Å²) in [5.74, 6) is 0.597. The van der Waals surface area contributed by atoms with Crippen LogP contribution < -0.4 is 11.1 Å². The van der Waals surface area contributed by atoms with E-state index in [-0.39, 0.29) is 23.1 Å². The summed E-state index contributed by atoms with van der Waals surface area (Å²) in [5.41, 5.74) is 5.51. The zero-order valence-corrected chi connectivity index (χ0v) is 9.99. The predicted molar refractivity (Wildman–Crippen MR) is 62.2 cm³/mol. The first-order valence-electron chi connectivity index (χ1n) is 5.71. The molecule has 1 atom stereocenters. The number of hydrogen-bond donors (Lipinski definition) is 3. The second kappa shape index (κ2) is 5.18. The van der Waals surface area contributed by atoms with Gasteiger partial charge in [0.25, 0.3) is 0 Å². The Balaban J connectivity index is 2.02. The molecule has 0 spiro atoms. The highest BCUT2D eigenvalue weighted by molar-refractivity contribution is 5.82. The van der Waals surface area contributed by atoms with Crippen molar-refractivity contribution in [3.8, 4) is 0 Å². The van der Waals surface area contributed by atoms with E-state index >= 15 is 0 Å². The van der Waals surface area contributed by atoms with Gasteiger partial charge >= 0.3 is 0 Å². The van der Waals surface area contributed by atoms with Gasteiger partial charge in [-0.1, -0.05) is 19.0 Å². The van der Waals surface area contributed by atoms with E-state index in [9.17, 15) is 4.79 Å². The van der Waals surface area contributed by atoms with E-state index in [1.54, 1.807) is 0 Å². The summed E-state index contributed by atoms with van der Waals surface area (Å²) < 4.78 is 0. The summed E-state index contributed by atoms with van der Waals surface area (Å²) in [6.45, 7) is 4.88. The lowest BCUT2D eigenvalue weighted by molar-refractivity contribution is -0.122. The standard InChI is InChI=1S/C11H21N3O2/c1-11(2)7-8(11)10(15)13-6-4-3-5-9(12)14-16/h8,16H,3-7H2,1-2H3,(H2,12,14)(H,13,15). The molecule has 0 aliphatic heterocycles. The summed E-state index contributed by atoms with van der Waals surface area (Å²) in [7, 11) is 0. The Kier molecular flexibility index (Phi) is 4.15. The molecule has 0 radical (unpaired) electrons. The average Bonchev–Trinajstić information content (AvgIpc) is 2.86. The van der Waals surface area contributed by atoms with Crippen LogP contribution in [0.25, 0.3) is 0 Å². The molecule has 1 unspecified atom stereocenters. The maximum absolute atomic E-state index is 11.6. The van der Waals surface area contributed by atoms with Crippen molar-refractivity contribution in [1.29, 1.82) is 0 Å². The van der Waals surface area contributed by atoms with Gasteiger partial charge in [0.05, 0.1) is 0 Å². The van der Waals surface area contributed by atoms with Gasteiger partial charge in [0.2, 0.25) is 5.91 Å². The Labute approximate surface area is 96.1 Å². The van der Waals surface area contributed by atoms with E-state index in [2.05, 4.69) is 24.3 Å². The van der Waals surface area contributed by atoms with Gasteiger partial charge in [-0.15, -0.1) is 0 Å². The minimum Gasteiger partial charge on any atom is -0.409 e. The second-order valence-corrected chi connectivity index (χ2v) is 5.08. The normalized spacial score (nSPS) is 22.9. The largest absolute Gasteiger partial charge is 0.409 e. The average molecular weight is 227 g/mol. The number of carbonyl (C=O) groups excluding carboxylic acids is 1. The number of amidine groups is 1. The molecule has 1 saturated carbocycles. The Morgan fingerprint density at radius 1 is 1.56 bits per heavy atom. The number of oxime groups is 1. The Morgan fingerprint density at radius 3 is 2.69 bits per heavy atom. The van der Waals surface area contributed by atoms with Crippen LogP contribution in [0.5, 0.6) is 0 Å². The number of amides is 1. The van der Waals surface area contributed by atoms with E-state index in [0.29, 0.717) is 13.0 Å². The molecule has 0 saturated heterocycles. The molecular weight excluding hydrogens is 206 g/mol. The zero-order valence-electron chi connectivity index (χ0n) is 9.99. The van der Waals surface area contributed by atoms with Crippen molar-refractivity contribution in [3.05, 3.63) is 0 Å². The second-order valence-electron chi connectivity index (χ2n) is 5.08. The number of rotatable bonds is 6. The number of nitrogens with one attached hydrogen (secondary N) is 1. The Hall–Kier alpha value is -1.26. The molecule has 4 N–H and O–H groups in total. The first kappa shape index (κ1) is 12.8. The summed E-state index contributed by atoms with van der Waals surface area (Å²) in [4.78, 5) is 11.6. The molecule has 0 bridgehead atoms. The maximum Gasteiger partial charge on any atom is 0.223 e. The van der Waals surface area contributed by atoms with Crippen LogP contribution in [0.2, 0.25) is 0 Å². The minimum atomic E-state index is 0.161. The number of nitrogens with zero attached hydrogens (tertiary/aromatic N) is 1. The van der Waals surface area contributed by atoms with Crippen LogP contribution in [-0.2, 0) is 4.79 Å². The molecule has 92 valence electrons. The third kappa shape index (κ3) is 3.72. The molecule has 0 heterocycles. The van der Waals surface area contributed by atoms with Gasteiger partial charge in [-0.25, -0.2) is 0 Å². The quantitative estimate of drug-likeness (QED) is 0.208. The van der Waals surface area contributed by atoms with Gasteiger partial charge in [0.15, 0.2) is 0 Å².